The molecule has 0 bridgehead atoms. The van der Waals surface area contributed by atoms with Crippen LogP contribution in [-0.2, 0) is 0 Å². The molecule has 0 aliphatic rings. The van der Waals surface area contributed by atoms with Gasteiger partial charge >= 0.3 is 0 Å². The summed E-state index contributed by atoms with van der Waals surface area (Å²) < 4.78 is 0. The van der Waals surface area contributed by atoms with E-state index in [1.165, 1.54) is 6.08 Å². The molecule has 0 unspecified atom stereocenters. The summed E-state index contributed by atoms with van der Waals surface area (Å²) in [5, 5.41) is 8.68. The van der Waals surface area contributed by atoms with E-state index in [1.54, 1.807) is 24.5 Å². The lowest BCUT2D eigenvalue weighted by Crippen LogP contribution is -1.77. The monoisotopic (exact) mass is 164 g/mol. The number of allylic oxidation sites excluding steroid dienone is 1. The Kier molecular flexibility index (Phi) is 2.65. The highest BCUT2D eigenvalue weighted by molar-refractivity contribution is 6.48. The zero-order valence-electron chi connectivity index (χ0n) is 5.66. The standard InChI is InChI=1S/C8H5ClN2/c9-8(3-4-10)7-2-1-5-11-6-7/h1-3,5-6H. The van der Waals surface area contributed by atoms with Crippen molar-refractivity contribution >= 4 is 16.6 Å². The number of rotatable bonds is 1. The molecule has 0 aromatic carbocycles. The summed E-state index contributed by atoms with van der Waals surface area (Å²) in [5.74, 6) is 0. The third-order valence-corrected chi connectivity index (χ3v) is 1.46. The lowest BCUT2D eigenvalue weighted by molar-refractivity contribution is 1.31. The maximum absolute atomic E-state index is 8.27. The zero-order chi connectivity index (χ0) is 8.10. The second kappa shape index (κ2) is 3.75. The molecule has 1 rings (SSSR count). The summed E-state index contributed by atoms with van der Waals surface area (Å²) in [6.45, 7) is 0. The van der Waals surface area contributed by atoms with Crippen LogP contribution in [0.25, 0.3) is 5.03 Å². The minimum atomic E-state index is 0.417. The summed E-state index contributed by atoms with van der Waals surface area (Å²) in [6.07, 6.45) is 4.54. The van der Waals surface area contributed by atoms with Crippen molar-refractivity contribution in [1.82, 2.24) is 4.98 Å². The van der Waals surface area contributed by atoms with Crippen molar-refractivity contribution in [2.75, 3.05) is 0 Å². The van der Waals surface area contributed by atoms with Gasteiger partial charge in [-0.25, -0.2) is 0 Å². The minimum Gasteiger partial charge on any atom is -0.264 e. The van der Waals surface area contributed by atoms with E-state index in [-0.39, 0.29) is 0 Å². The average Bonchev–Trinajstić information content (AvgIpc) is 2.07. The molecule has 0 N–H and O–H groups in total. The van der Waals surface area contributed by atoms with Crippen molar-refractivity contribution < 1.29 is 0 Å². The van der Waals surface area contributed by atoms with Crippen molar-refractivity contribution in [2.24, 2.45) is 0 Å². The molecule has 0 fully saturated rings. The Labute approximate surface area is 69.8 Å². The normalized spacial score (nSPS) is 10.7. The highest BCUT2D eigenvalue weighted by Crippen LogP contribution is 2.15. The number of aromatic nitrogens is 1. The van der Waals surface area contributed by atoms with Crippen LogP contribution in [0.15, 0.2) is 30.6 Å². The molecule has 0 atom stereocenters. The van der Waals surface area contributed by atoms with Crippen LogP contribution in [0, 0.1) is 11.3 Å². The summed E-state index contributed by atoms with van der Waals surface area (Å²) in [6, 6.07) is 5.41. The first-order valence-corrected chi connectivity index (χ1v) is 3.38. The van der Waals surface area contributed by atoms with Gasteiger partial charge in [-0.05, 0) is 6.07 Å². The third-order valence-electron chi connectivity index (χ3n) is 1.13. The molecule has 3 heteroatoms. The lowest BCUT2D eigenvalue weighted by Gasteiger charge is -1.93. The summed E-state index contributed by atoms with van der Waals surface area (Å²) in [7, 11) is 0. The number of hydrogen-bond donors (Lipinski definition) is 0. The quantitative estimate of drug-likeness (QED) is 0.597. The van der Waals surface area contributed by atoms with E-state index in [2.05, 4.69) is 4.98 Å². The summed E-state index contributed by atoms with van der Waals surface area (Å²) in [4.78, 5) is 3.85. The van der Waals surface area contributed by atoms with Crippen LogP contribution >= 0.6 is 11.6 Å². The average molecular weight is 165 g/mol. The van der Waals surface area contributed by atoms with Gasteiger partial charge in [0.05, 0.1) is 11.1 Å². The molecule has 1 heterocycles. The van der Waals surface area contributed by atoms with Gasteiger partial charge in [0.1, 0.15) is 0 Å². The molecule has 0 aliphatic carbocycles. The fourth-order valence-corrected chi connectivity index (χ4v) is 0.805. The van der Waals surface area contributed by atoms with E-state index in [4.69, 9.17) is 16.9 Å². The SMILES string of the molecule is N#CC=C(Cl)c1cccnc1. The fraction of sp³-hybridized carbons (Fsp3) is 0. The van der Waals surface area contributed by atoms with Crippen LogP contribution in [0.5, 0.6) is 0 Å². The molecule has 0 radical (unpaired) electrons. The van der Waals surface area contributed by atoms with Gasteiger partial charge in [0.2, 0.25) is 0 Å². The molecular weight excluding hydrogens is 160 g/mol. The van der Waals surface area contributed by atoms with Crippen LogP contribution in [-0.4, -0.2) is 4.98 Å². The second-order valence-electron chi connectivity index (χ2n) is 1.86. The van der Waals surface area contributed by atoms with Crippen LogP contribution < -0.4 is 0 Å². The number of nitriles is 1. The van der Waals surface area contributed by atoms with Crippen molar-refractivity contribution in [1.29, 1.82) is 5.26 Å². The summed E-state index contributed by atoms with van der Waals surface area (Å²) in [5.41, 5.74) is 0.760. The molecule has 1 aromatic rings. The zero-order valence-corrected chi connectivity index (χ0v) is 6.42. The van der Waals surface area contributed by atoms with E-state index in [0.717, 1.165) is 5.56 Å². The Morgan fingerprint density at radius 2 is 2.55 bits per heavy atom. The fourth-order valence-electron chi connectivity index (χ4n) is 0.644. The molecule has 0 saturated heterocycles. The van der Waals surface area contributed by atoms with Crippen molar-refractivity contribution in [2.45, 2.75) is 0 Å². The lowest BCUT2D eigenvalue weighted by atomic mass is 10.2. The Balaban J connectivity index is 2.96. The molecule has 1 aromatic heterocycles. The molecule has 11 heavy (non-hydrogen) atoms. The van der Waals surface area contributed by atoms with E-state index in [9.17, 15) is 0 Å². The minimum absolute atomic E-state index is 0.417. The first-order valence-electron chi connectivity index (χ1n) is 3.00. The topological polar surface area (TPSA) is 36.7 Å². The van der Waals surface area contributed by atoms with Crippen molar-refractivity contribution in [3.05, 3.63) is 36.2 Å². The maximum Gasteiger partial charge on any atom is 0.0927 e. The molecule has 54 valence electrons. The number of hydrogen-bond acceptors (Lipinski definition) is 2. The van der Waals surface area contributed by atoms with Gasteiger partial charge in [0.15, 0.2) is 0 Å². The van der Waals surface area contributed by atoms with Crippen molar-refractivity contribution in [3.8, 4) is 6.07 Å². The van der Waals surface area contributed by atoms with Crippen LogP contribution in [0.3, 0.4) is 0 Å². The predicted molar refractivity (Wildman–Crippen MR) is 43.7 cm³/mol. The predicted octanol–water partition coefficient (Wildman–Crippen LogP) is 2.18. The van der Waals surface area contributed by atoms with Crippen LogP contribution in [0.2, 0.25) is 0 Å². The van der Waals surface area contributed by atoms with Crippen LogP contribution in [0.4, 0.5) is 0 Å². The first kappa shape index (κ1) is 7.77. The van der Waals surface area contributed by atoms with E-state index >= 15 is 0 Å². The maximum atomic E-state index is 8.27. The Bertz CT molecular complexity index is 298. The largest absolute Gasteiger partial charge is 0.264 e. The smallest absolute Gasteiger partial charge is 0.0927 e. The third kappa shape index (κ3) is 2.06. The number of halogens is 1. The Hall–Kier alpha value is -1.33. The van der Waals surface area contributed by atoms with Gasteiger partial charge < -0.3 is 0 Å². The molecule has 0 aliphatic heterocycles. The van der Waals surface area contributed by atoms with E-state index in [1.807, 2.05) is 6.07 Å². The van der Waals surface area contributed by atoms with Gasteiger partial charge in [-0.2, -0.15) is 5.26 Å². The number of nitrogens with zero attached hydrogens (tertiary/aromatic N) is 2. The Morgan fingerprint density at radius 1 is 1.73 bits per heavy atom. The van der Waals surface area contributed by atoms with Gasteiger partial charge in [0.25, 0.3) is 0 Å². The van der Waals surface area contributed by atoms with Crippen molar-refractivity contribution in [3.63, 3.8) is 0 Å². The van der Waals surface area contributed by atoms with Gasteiger partial charge in [-0.1, -0.05) is 17.7 Å². The van der Waals surface area contributed by atoms with Gasteiger partial charge in [0, 0.05) is 24.0 Å². The molecule has 0 amide bonds. The molecule has 0 saturated carbocycles. The highest BCUT2D eigenvalue weighted by atomic mass is 35.5. The second-order valence-corrected chi connectivity index (χ2v) is 2.27. The summed E-state index contributed by atoms with van der Waals surface area (Å²) >= 11 is 5.70. The van der Waals surface area contributed by atoms with Gasteiger partial charge in [-0.15, -0.1) is 0 Å². The molecule has 2 nitrogen and oxygen atoms in total. The highest BCUT2D eigenvalue weighted by Gasteiger charge is 1.94. The molecular formula is C8H5ClN2. The molecule has 0 spiro atoms. The van der Waals surface area contributed by atoms with E-state index in [0.29, 0.717) is 5.03 Å². The Morgan fingerprint density at radius 3 is 3.09 bits per heavy atom. The number of pyridine rings is 1. The van der Waals surface area contributed by atoms with Gasteiger partial charge in [-0.3, -0.25) is 4.98 Å². The first-order chi connectivity index (χ1) is 5.34. The van der Waals surface area contributed by atoms with Crippen LogP contribution in [0.1, 0.15) is 5.56 Å². The van der Waals surface area contributed by atoms with E-state index < -0.39 is 0 Å².